The average Bonchev–Trinajstić information content (AvgIpc) is 2.99. The second kappa shape index (κ2) is 8.74. The van der Waals surface area contributed by atoms with Gasteiger partial charge in [0.1, 0.15) is 0 Å². The van der Waals surface area contributed by atoms with Crippen molar-refractivity contribution in [2.45, 2.75) is 111 Å². The quantitative estimate of drug-likeness (QED) is 0.336. The number of carboxylic acids is 1. The van der Waals surface area contributed by atoms with Crippen molar-refractivity contribution in [1.82, 2.24) is 0 Å². The number of aliphatic carboxylic acids is 1. The summed E-state index contributed by atoms with van der Waals surface area (Å²) in [6.07, 6.45) is 6.25. The number of fused-ring (bicyclic) bond motifs is 5. The summed E-state index contributed by atoms with van der Waals surface area (Å²) in [6.45, 7) is 13.1. The number of carbonyl (C=O) groups is 1. The van der Waals surface area contributed by atoms with E-state index in [1.165, 1.54) is 0 Å². The molecule has 192 valence electrons. The van der Waals surface area contributed by atoms with Gasteiger partial charge in [0.05, 0.1) is 18.3 Å². The van der Waals surface area contributed by atoms with Crippen molar-refractivity contribution < 1.29 is 25.2 Å². The predicted octanol–water partition coefficient (Wildman–Crippen LogP) is 5.10. The Bertz CT molecular complexity index is 887. The van der Waals surface area contributed by atoms with Crippen LogP contribution in [0.2, 0.25) is 0 Å². The summed E-state index contributed by atoms with van der Waals surface area (Å²) in [5.74, 6) is -0.375. The number of aliphatic hydroxyl groups excluding tert-OH is 3. The van der Waals surface area contributed by atoms with E-state index in [4.69, 9.17) is 0 Å². The van der Waals surface area contributed by atoms with Crippen LogP contribution >= 0.6 is 0 Å². The van der Waals surface area contributed by atoms with E-state index in [0.29, 0.717) is 42.7 Å². The summed E-state index contributed by atoms with van der Waals surface area (Å²) in [4.78, 5) is 12.4. The zero-order valence-corrected chi connectivity index (χ0v) is 22.0. The van der Waals surface area contributed by atoms with Crippen LogP contribution in [0.4, 0.5) is 0 Å². The molecule has 4 rings (SSSR count). The number of hydrogen-bond donors (Lipinski definition) is 4. The molecule has 0 aromatic carbocycles. The molecule has 0 saturated heterocycles. The third-order valence-corrected chi connectivity index (χ3v) is 11.3. The Morgan fingerprint density at radius 1 is 1.03 bits per heavy atom. The molecule has 0 bridgehead atoms. The average molecular weight is 475 g/mol. The van der Waals surface area contributed by atoms with Crippen LogP contribution in [0.1, 0.15) is 92.9 Å². The van der Waals surface area contributed by atoms with Crippen LogP contribution in [0.15, 0.2) is 22.8 Å². The van der Waals surface area contributed by atoms with E-state index in [2.05, 4.69) is 33.8 Å². The molecule has 4 fully saturated rings. The Hall–Kier alpha value is -1.17. The van der Waals surface area contributed by atoms with Gasteiger partial charge in [-0.3, -0.25) is 0 Å². The van der Waals surface area contributed by atoms with E-state index >= 15 is 0 Å². The number of carboxylic acid groups (broad SMARTS) is 1. The highest BCUT2D eigenvalue weighted by Crippen LogP contribution is 2.74. The van der Waals surface area contributed by atoms with Crippen molar-refractivity contribution in [1.29, 1.82) is 0 Å². The van der Waals surface area contributed by atoms with Gasteiger partial charge in [-0.05, 0) is 111 Å². The normalized spacial score (nSPS) is 49.5. The lowest BCUT2D eigenvalue weighted by atomic mass is 9.36. The molecular formula is C29H46O5. The van der Waals surface area contributed by atoms with Gasteiger partial charge in [-0.1, -0.05) is 39.3 Å². The SMILES string of the molecule is CC(C)=CCC/C(C(=O)O)=C1\[C@H](O)C[C@@]2(C)[C@H]1C[C@@H](O)[C@H]1[C@@]3(C)CC[C@@H](O)[C@@H](C)[C@@H]3CC[C@@]12C. The highest BCUT2D eigenvalue weighted by Gasteiger charge is 2.70. The number of rotatable bonds is 4. The maximum absolute atomic E-state index is 12.4. The monoisotopic (exact) mass is 474 g/mol. The third kappa shape index (κ3) is 3.64. The molecule has 0 aliphatic heterocycles. The van der Waals surface area contributed by atoms with Gasteiger partial charge in [0, 0.05) is 5.57 Å². The first-order valence-corrected chi connectivity index (χ1v) is 13.4. The lowest BCUT2D eigenvalue weighted by Crippen LogP contribution is -2.65. The standard InChI is InChI=1S/C29H46O5/c1-16(2)8-7-9-18(26(33)34)24-20-14-22(31)25-27(4)12-11-21(30)17(3)19(27)10-13-28(25,5)29(20,6)15-23(24)32/h8,17,19-23,25,30-32H,7,9-15H2,1-6H3,(H,33,34)/b24-18+/t17-,19-,20-,21+,22+,23+,25-,27-,28-,29-/m0/s1. The van der Waals surface area contributed by atoms with Crippen LogP contribution in [-0.2, 0) is 4.79 Å². The van der Waals surface area contributed by atoms with E-state index in [9.17, 15) is 25.2 Å². The van der Waals surface area contributed by atoms with Gasteiger partial charge < -0.3 is 20.4 Å². The van der Waals surface area contributed by atoms with Crippen molar-refractivity contribution in [2.75, 3.05) is 0 Å². The van der Waals surface area contributed by atoms with Gasteiger partial charge >= 0.3 is 5.97 Å². The second-order valence-electron chi connectivity index (χ2n) is 13.1. The molecule has 0 spiro atoms. The van der Waals surface area contributed by atoms with Crippen molar-refractivity contribution in [3.63, 3.8) is 0 Å². The maximum Gasteiger partial charge on any atom is 0.331 e. The molecule has 4 saturated carbocycles. The van der Waals surface area contributed by atoms with Crippen LogP contribution in [0.25, 0.3) is 0 Å². The van der Waals surface area contributed by atoms with Crippen LogP contribution in [-0.4, -0.2) is 44.7 Å². The topological polar surface area (TPSA) is 98.0 Å². The minimum absolute atomic E-state index is 0.0600. The van der Waals surface area contributed by atoms with E-state index in [0.717, 1.165) is 31.3 Å². The van der Waals surface area contributed by atoms with Gasteiger partial charge in [-0.2, -0.15) is 0 Å². The van der Waals surface area contributed by atoms with Gasteiger partial charge in [0.15, 0.2) is 0 Å². The molecule has 5 heteroatoms. The maximum atomic E-state index is 12.4. The minimum atomic E-state index is -0.937. The molecule has 4 N–H and O–H groups in total. The Balaban J connectivity index is 1.76. The molecule has 0 amide bonds. The first-order valence-electron chi connectivity index (χ1n) is 13.4. The molecular weight excluding hydrogens is 428 g/mol. The smallest absolute Gasteiger partial charge is 0.331 e. The zero-order chi connectivity index (χ0) is 25.2. The lowest BCUT2D eigenvalue weighted by Gasteiger charge is -2.69. The molecule has 34 heavy (non-hydrogen) atoms. The van der Waals surface area contributed by atoms with E-state index in [1.54, 1.807) is 0 Å². The number of allylic oxidation sites excluding steroid dienone is 2. The minimum Gasteiger partial charge on any atom is -0.478 e. The van der Waals surface area contributed by atoms with Crippen molar-refractivity contribution in [2.24, 2.45) is 39.9 Å². The summed E-state index contributed by atoms with van der Waals surface area (Å²) in [5.41, 5.74) is 1.66. The third-order valence-electron chi connectivity index (χ3n) is 11.3. The van der Waals surface area contributed by atoms with E-state index in [1.807, 2.05) is 13.8 Å². The molecule has 0 unspecified atom stereocenters. The fourth-order valence-electron chi connectivity index (χ4n) is 9.51. The highest BCUT2D eigenvalue weighted by atomic mass is 16.4. The molecule has 0 aromatic heterocycles. The van der Waals surface area contributed by atoms with E-state index in [-0.39, 0.29) is 40.1 Å². The Labute approximate surface area is 205 Å². The van der Waals surface area contributed by atoms with E-state index < -0.39 is 18.2 Å². The summed E-state index contributed by atoms with van der Waals surface area (Å²) < 4.78 is 0. The molecule has 0 radical (unpaired) electrons. The summed E-state index contributed by atoms with van der Waals surface area (Å²) in [6, 6.07) is 0. The largest absolute Gasteiger partial charge is 0.478 e. The van der Waals surface area contributed by atoms with Crippen molar-refractivity contribution in [3.8, 4) is 0 Å². The van der Waals surface area contributed by atoms with Gasteiger partial charge in [0.2, 0.25) is 0 Å². The molecule has 10 atom stereocenters. The Morgan fingerprint density at radius 3 is 2.32 bits per heavy atom. The van der Waals surface area contributed by atoms with Crippen LogP contribution < -0.4 is 0 Å². The fourth-order valence-corrected chi connectivity index (χ4v) is 9.51. The second-order valence-corrected chi connectivity index (χ2v) is 13.1. The molecule has 4 aliphatic rings. The molecule has 0 aromatic rings. The number of aliphatic hydroxyl groups is 3. The van der Waals surface area contributed by atoms with Gasteiger partial charge in [0.25, 0.3) is 0 Å². The van der Waals surface area contributed by atoms with Crippen LogP contribution in [0, 0.1) is 39.9 Å². The van der Waals surface area contributed by atoms with Gasteiger partial charge in [-0.25, -0.2) is 4.79 Å². The molecule has 5 nitrogen and oxygen atoms in total. The first-order chi connectivity index (χ1) is 15.8. The Morgan fingerprint density at radius 2 is 1.71 bits per heavy atom. The zero-order valence-electron chi connectivity index (χ0n) is 22.0. The summed E-state index contributed by atoms with van der Waals surface area (Å²) >= 11 is 0. The summed E-state index contributed by atoms with van der Waals surface area (Å²) in [5, 5.41) is 43.8. The van der Waals surface area contributed by atoms with Crippen LogP contribution in [0.5, 0.6) is 0 Å². The summed E-state index contributed by atoms with van der Waals surface area (Å²) in [7, 11) is 0. The molecule has 4 aliphatic carbocycles. The highest BCUT2D eigenvalue weighted by molar-refractivity contribution is 5.88. The van der Waals surface area contributed by atoms with Crippen molar-refractivity contribution >= 4 is 5.97 Å². The first kappa shape index (κ1) is 25.9. The lowest BCUT2D eigenvalue weighted by molar-refractivity contribution is -0.233. The van der Waals surface area contributed by atoms with Gasteiger partial charge in [-0.15, -0.1) is 0 Å². The van der Waals surface area contributed by atoms with Crippen molar-refractivity contribution in [3.05, 3.63) is 22.8 Å². The fraction of sp³-hybridized carbons (Fsp3) is 0.828. The predicted molar refractivity (Wildman–Crippen MR) is 133 cm³/mol. The van der Waals surface area contributed by atoms with Crippen LogP contribution in [0.3, 0.4) is 0 Å². The number of hydrogen-bond acceptors (Lipinski definition) is 4. The Kier molecular flexibility index (Phi) is 6.66. The molecule has 0 heterocycles.